The van der Waals surface area contributed by atoms with Crippen LogP contribution in [0.3, 0.4) is 0 Å². The molecule has 3 heterocycles. The lowest BCUT2D eigenvalue weighted by Crippen LogP contribution is -2.29. The number of fused-ring (bicyclic) bond motifs is 2. The average molecular weight is 604 g/mol. The number of aliphatic hydroxyl groups is 1. The highest BCUT2D eigenvalue weighted by Gasteiger charge is 2.48. The monoisotopic (exact) mass is 603 g/mol. The van der Waals surface area contributed by atoms with Crippen molar-refractivity contribution in [1.29, 1.82) is 0 Å². The van der Waals surface area contributed by atoms with Crippen LogP contribution in [0.4, 0.5) is 10.8 Å². The number of carboxylic acid groups (broad SMARTS) is 1. The smallest absolute Gasteiger partial charge is 0.301 e. The van der Waals surface area contributed by atoms with Gasteiger partial charge >= 0.3 is 5.91 Å². The first-order valence-corrected chi connectivity index (χ1v) is 13.8. The van der Waals surface area contributed by atoms with Gasteiger partial charge in [-0.2, -0.15) is 0 Å². The molecule has 0 bridgehead atoms. The minimum Gasteiger partial charge on any atom is -0.507 e. The van der Waals surface area contributed by atoms with E-state index in [1.807, 2.05) is 6.92 Å². The predicted molar refractivity (Wildman–Crippen MR) is 158 cm³/mol. The molecule has 13 heteroatoms. The van der Waals surface area contributed by atoms with Gasteiger partial charge in [0.2, 0.25) is 0 Å². The molecule has 2 aliphatic rings. The molecule has 43 heavy (non-hydrogen) atoms. The number of ketones is 1. The van der Waals surface area contributed by atoms with Gasteiger partial charge in [0.1, 0.15) is 23.4 Å². The van der Waals surface area contributed by atoms with E-state index in [1.54, 1.807) is 42.5 Å². The van der Waals surface area contributed by atoms with Crippen LogP contribution in [0.2, 0.25) is 0 Å². The van der Waals surface area contributed by atoms with Crippen LogP contribution < -0.4 is 14.4 Å². The van der Waals surface area contributed by atoms with Gasteiger partial charge in [0.05, 0.1) is 33.9 Å². The zero-order chi connectivity index (χ0) is 31.0. The number of aliphatic hydroxyl groups excluding tert-OH is 1. The Labute approximate surface area is 248 Å². The van der Waals surface area contributed by atoms with Crippen molar-refractivity contribution < 1.29 is 39.0 Å². The second-order valence-corrected chi connectivity index (χ2v) is 10.8. The van der Waals surface area contributed by atoms with Gasteiger partial charge in [0.15, 0.2) is 5.13 Å². The number of hydrogen-bond donors (Lipinski definition) is 2. The number of hydrogen-bond acceptors (Lipinski definition) is 10. The normalized spacial score (nSPS) is 18.5. The molecule has 0 aliphatic carbocycles. The molecule has 2 aliphatic heterocycles. The van der Waals surface area contributed by atoms with Gasteiger partial charge < -0.3 is 19.7 Å². The number of aliphatic carboxylic acids is 1. The number of carbonyl (C=O) groups excluding carboxylic acids is 2. The summed E-state index contributed by atoms with van der Waals surface area (Å²) in [5.74, 6) is -1.72. The van der Waals surface area contributed by atoms with Crippen molar-refractivity contribution in [2.45, 2.75) is 32.4 Å². The number of benzene rings is 3. The number of ether oxygens (including phenoxy) is 2. The Morgan fingerprint density at radius 1 is 1.14 bits per heavy atom. The summed E-state index contributed by atoms with van der Waals surface area (Å²) in [7, 11) is 1.54. The fourth-order valence-corrected chi connectivity index (χ4v) is 6.02. The van der Waals surface area contributed by atoms with Gasteiger partial charge in [-0.15, -0.1) is 0 Å². The summed E-state index contributed by atoms with van der Waals surface area (Å²) in [4.78, 5) is 52.8. The van der Waals surface area contributed by atoms with Crippen LogP contribution in [0.25, 0.3) is 16.0 Å². The van der Waals surface area contributed by atoms with Gasteiger partial charge in [-0.25, -0.2) is 4.98 Å². The number of thiazole rings is 1. The Hall–Kier alpha value is -5.30. The lowest BCUT2D eigenvalue weighted by Gasteiger charge is -2.22. The number of rotatable bonds is 5. The Bertz CT molecular complexity index is 1830. The molecule has 2 atom stereocenters. The number of carbonyl (C=O) groups is 3. The molecule has 1 saturated heterocycles. The molecule has 3 aromatic carbocycles. The third kappa shape index (κ3) is 5.62. The second kappa shape index (κ2) is 11.5. The minimum atomic E-state index is -1.14. The first-order chi connectivity index (χ1) is 20.5. The highest BCUT2D eigenvalue weighted by molar-refractivity contribution is 7.22. The maximum Gasteiger partial charge on any atom is 0.301 e. The molecular weight excluding hydrogens is 578 g/mol. The molecule has 0 saturated carbocycles. The van der Waals surface area contributed by atoms with Gasteiger partial charge in [-0.3, -0.25) is 29.4 Å². The van der Waals surface area contributed by atoms with Gasteiger partial charge in [0.25, 0.3) is 17.4 Å². The van der Waals surface area contributed by atoms with E-state index in [-0.39, 0.29) is 28.3 Å². The second-order valence-electron chi connectivity index (χ2n) is 9.83. The quantitative estimate of drug-likeness (QED) is 0.101. The first-order valence-electron chi connectivity index (χ1n) is 13.0. The van der Waals surface area contributed by atoms with Crippen LogP contribution in [0.15, 0.2) is 66.2 Å². The van der Waals surface area contributed by atoms with Crippen molar-refractivity contribution >= 4 is 55.8 Å². The summed E-state index contributed by atoms with van der Waals surface area (Å²) in [6, 6.07) is 14.8. The Balaban J connectivity index is 0.000000868. The fraction of sp³-hybridized carbons (Fsp3) is 0.200. The number of methoxy groups -OCH3 is 1. The molecule has 0 radical (unpaired) electrons. The van der Waals surface area contributed by atoms with E-state index in [2.05, 4.69) is 4.98 Å². The number of non-ortho nitro benzene ring substituents is 1. The van der Waals surface area contributed by atoms with Crippen LogP contribution in [-0.4, -0.2) is 51.0 Å². The molecule has 1 amide bonds. The molecular formula is C30H25N3O9S. The number of Topliss-reactive ketones (excluding diaryl/α,β-unsaturated/α-hetero) is 1. The topological polar surface area (TPSA) is 169 Å². The van der Waals surface area contributed by atoms with Crippen molar-refractivity contribution in [2.75, 3.05) is 12.0 Å². The minimum absolute atomic E-state index is 0.0227. The molecule has 6 rings (SSSR count). The third-order valence-corrected chi connectivity index (χ3v) is 7.82. The molecule has 2 N–H and O–H groups in total. The van der Waals surface area contributed by atoms with Crippen molar-refractivity contribution in [2.24, 2.45) is 0 Å². The maximum absolute atomic E-state index is 13.5. The molecule has 2 unspecified atom stereocenters. The van der Waals surface area contributed by atoms with Crippen molar-refractivity contribution in [3.63, 3.8) is 0 Å². The van der Waals surface area contributed by atoms with Crippen LogP contribution in [-0.2, 0) is 20.8 Å². The van der Waals surface area contributed by atoms with Crippen LogP contribution in [0.1, 0.15) is 36.6 Å². The number of aromatic nitrogens is 1. The standard InChI is InChI=1S/C28H21N3O7S.C2H4O2/c1-14-10-17-11-16(6-9-21(17)38-14)25(32)23-24(15-4-3-5-18(12-15)31(35)36)30(27(34)26(23)33)28-29-20-8-7-19(37-2)13-22(20)39-28;1-2(3)4/h3-9,11-14,24,32H,10H2,1-2H3;1H3,(H,3,4)/b25-23+;. The molecule has 1 aromatic heterocycles. The number of anilines is 1. The maximum atomic E-state index is 13.5. The van der Waals surface area contributed by atoms with Gasteiger partial charge in [0, 0.05) is 31.0 Å². The molecule has 220 valence electrons. The van der Waals surface area contributed by atoms with Crippen LogP contribution in [0, 0.1) is 10.1 Å². The third-order valence-electron chi connectivity index (χ3n) is 6.80. The van der Waals surface area contributed by atoms with E-state index in [0.29, 0.717) is 34.6 Å². The predicted octanol–water partition coefficient (Wildman–Crippen LogP) is 5.25. The lowest BCUT2D eigenvalue weighted by molar-refractivity contribution is -0.384. The highest BCUT2D eigenvalue weighted by Crippen LogP contribution is 2.45. The summed E-state index contributed by atoms with van der Waals surface area (Å²) in [5, 5.41) is 30.7. The zero-order valence-electron chi connectivity index (χ0n) is 23.1. The largest absolute Gasteiger partial charge is 0.507 e. The Morgan fingerprint density at radius 3 is 2.58 bits per heavy atom. The fourth-order valence-electron chi connectivity index (χ4n) is 5.00. The Morgan fingerprint density at radius 2 is 1.88 bits per heavy atom. The summed E-state index contributed by atoms with van der Waals surface area (Å²) in [6.45, 7) is 3.01. The number of nitro groups is 1. The number of nitrogens with zero attached hydrogens (tertiary/aromatic N) is 3. The van der Waals surface area contributed by atoms with E-state index < -0.39 is 28.6 Å². The van der Waals surface area contributed by atoms with E-state index in [4.69, 9.17) is 19.4 Å². The van der Waals surface area contributed by atoms with Gasteiger partial charge in [-0.05, 0) is 54.4 Å². The summed E-state index contributed by atoms with van der Waals surface area (Å²) >= 11 is 1.17. The average Bonchev–Trinajstić information content (AvgIpc) is 3.64. The van der Waals surface area contributed by atoms with Crippen molar-refractivity contribution in [1.82, 2.24) is 4.98 Å². The molecule has 0 spiro atoms. The van der Waals surface area contributed by atoms with E-state index in [9.17, 15) is 24.8 Å². The molecule has 12 nitrogen and oxygen atoms in total. The molecule has 1 fully saturated rings. The zero-order valence-corrected chi connectivity index (χ0v) is 24.0. The summed E-state index contributed by atoms with van der Waals surface area (Å²) in [5.41, 5.74) is 1.70. The lowest BCUT2D eigenvalue weighted by atomic mass is 9.94. The molecule has 4 aromatic rings. The highest BCUT2D eigenvalue weighted by atomic mass is 32.1. The van der Waals surface area contributed by atoms with Crippen molar-refractivity contribution in [3.8, 4) is 11.5 Å². The Kier molecular flexibility index (Phi) is 7.83. The number of nitro benzene ring substituents is 1. The van der Waals surface area contributed by atoms with E-state index >= 15 is 0 Å². The number of carboxylic acids is 1. The number of amides is 1. The van der Waals surface area contributed by atoms with Crippen LogP contribution >= 0.6 is 11.3 Å². The van der Waals surface area contributed by atoms with E-state index in [1.165, 1.54) is 41.5 Å². The summed E-state index contributed by atoms with van der Waals surface area (Å²) in [6.07, 6.45) is 0.611. The van der Waals surface area contributed by atoms with Gasteiger partial charge in [-0.1, -0.05) is 23.5 Å². The van der Waals surface area contributed by atoms with E-state index in [0.717, 1.165) is 17.2 Å². The van der Waals surface area contributed by atoms with Crippen molar-refractivity contribution in [3.05, 3.63) is 93.0 Å². The SMILES string of the molecule is CC(=O)O.COc1ccc2nc(N3C(=O)C(=O)/C(=C(/O)c4ccc5c(c4)CC(C)O5)C3c3cccc([N+](=O)[O-])c3)sc2c1. The first kappa shape index (κ1) is 29.2. The summed E-state index contributed by atoms with van der Waals surface area (Å²) < 4.78 is 11.8. The van der Waals surface area contributed by atoms with Crippen LogP contribution in [0.5, 0.6) is 11.5 Å².